The van der Waals surface area contributed by atoms with Crippen LogP contribution in [0.4, 0.5) is 0 Å². The van der Waals surface area contributed by atoms with Crippen LogP contribution in [0.5, 0.6) is 5.75 Å². The van der Waals surface area contributed by atoms with E-state index in [4.69, 9.17) is 10.00 Å². The molecule has 1 atom stereocenters. The fourth-order valence-electron chi connectivity index (χ4n) is 1.33. The lowest BCUT2D eigenvalue weighted by molar-refractivity contribution is -0.143. The van der Waals surface area contributed by atoms with Gasteiger partial charge in [0.2, 0.25) is 0 Å². The average Bonchev–Trinajstić information content (AvgIpc) is 2.43. The Hall–Kier alpha value is -1.67. The first-order valence-electron chi connectivity index (χ1n) is 5.41. The van der Waals surface area contributed by atoms with Gasteiger partial charge >= 0.3 is 5.97 Å². The number of carbonyl (C=O) groups is 1. The maximum atomic E-state index is 11.3. The molecular formula is C13H15NO3S. The SMILES string of the molecule is COC(=O)C(C)CSc1cc(OC)ccc1C#N. The Morgan fingerprint density at radius 2 is 2.22 bits per heavy atom. The van der Waals surface area contributed by atoms with Crippen molar-refractivity contribution in [3.63, 3.8) is 0 Å². The molecule has 0 aliphatic heterocycles. The Morgan fingerprint density at radius 3 is 2.78 bits per heavy atom. The lowest BCUT2D eigenvalue weighted by atomic mass is 10.2. The number of hydrogen-bond acceptors (Lipinski definition) is 5. The monoisotopic (exact) mass is 265 g/mol. The normalized spacial score (nSPS) is 11.4. The van der Waals surface area contributed by atoms with Crippen molar-refractivity contribution < 1.29 is 14.3 Å². The van der Waals surface area contributed by atoms with Crippen molar-refractivity contribution in [2.24, 2.45) is 5.92 Å². The summed E-state index contributed by atoms with van der Waals surface area (Å²) in [5, 5.41) is 9.01. The molecule has 0 spiro atoms. The van der Waals surface area contributed by atoms with Gasteiger partial charge in [-0.05, 0) is 18.2 Å². The Kier molecular flexibility index (Phi) is 5.53. The second-order valence-electron chi connectivity index (χ2n) is 3.71. The number of thioether (sulfide) groups is 1. The van der Waals surface area contributed by atoms with Crippen LogP contribution in [0.15, 0.2) is 23.1 Å². The van der Waals surface area contributed by atoms with Crippen LogP contribution in [0.25, 0.3) is 0 Å². The van der Waals surface area contributed by atoms with Gasteiger partial charge in [-0.15, -0.1) is 11.8 Å². The van der Waals surface area contributed by atoms with E-state index in [1.807, 2.05) is 0 Å². The van der Waals surface area contributed by atoms with Gasteiger partial charge in [0, 0.05) is 10.6 Å². The highest BCUT2D eigenvalue weighted by Gasteiger charge is 2.14. The minimum Gasteiger partial charge on any atom is -0.497 e. The summed E-state index contributed by atoms with van der Waals surface area (Å²) in [5.41, 5.74) is 0.581. The second kappa shape index (κ2) is 6.92. The van der Waals surface area contributed by atoms with Crippen LogP contribution in [0.3, 0.4) is 0 Å². The number of hydrogen-bond donors (Lipinski definition) is 0. The molecule has 0 bridgehead atoms. The van der Waals surface area contributed by atoms with Crippen molar-refractivity contribution in [3.05, 3.63) is 23.8 Å². The summed E-state index contributed by atoms with van der Waals surface area (Å²) in [7, 11) is 2.95. The summed E-state index contributed by atoms with van der Waals surface area (Å²) < 4.78 is 9.78. The molecule has 0 amide bonds. The van der Waals surface area contributed by atoms with Crippen LogP contribution in [0, 0.1) is 17.2 Å². The van der Waals surface area contributed by atoms with Crippen molar-refractivity contribution in [2.45, 2.75) is 11.8 Å². The number of benzene rings is 1. The van der Waals surface area contributed by atoms with E-state index in [1.165, 1.54) is 18.9 Å². The van der Waals surface area contributed by atoms with Gasteiger partial charge in [0.05, 0.1) is 25.7 Å². The molecule has 1 aromatic rings. The smallest absolute Gasteiger partial charge is 0.309 e. The quantitative estimate of drug-likeness (QED) is 0.604. The molecule has 0 saturated heterocycles. The molecule has 4 nitrogen and oxygen atoms in total. The zero-order valence-electron chi connectivity index (χ0n) is 10.6. The molecule has 1 aromatic carbocycles. The third kappa shape index (κ3) is 3.67. The van der Waals surface area contributed by atoms with Gasteiger partial charge in [0.25, 0.3) is 0 Å². The number of nitriles is 1. The standard InChI is InChI=1S/C13H15NO3S/c1-9(13(15)17-3)8-18-12-6-11(16-2)5-4-10(12)7-14/h4-6,9H,8H2,1-3H3. The minimum atomic E-state index is -0.246. The Morgan fingerprint density at radius 1 is 1.50 bits per heavy atom. The van der Waals surface area contributed by atoms with Crippen molar-refractivity contribution in [3.8, 4) is 11.8 Å². The van der Waals surface area contributed by atoms with Crippen molar-refractivity contribution >= 4 is 17.7 Å². The molecule has 0 heterocycles. The highest BCUT2D eigenvalue weighted by molar-refractivity contribution is 7.99. The van der Waals surface area contributed by atoms with E-state index in [9.17, 15) is 4.79 Å². The van der Waals surface area contributed by atoms with Gasteiger partial charge in [0.15, 0.2) is 0 Å². The molecule has 96 valence electrons. The summed E-state index contributed by atoms with van der Waals surface area (Å²) in [6.07, 6.45) is 0. The fraction of sp³-hybridized carbons (Fsp3) is 0.385. The van der Waals surface area contributed by atoms with Gasteiger partial charge in [-0.3, -0.25) is 4.79 Å². The molecule has 0 radical (unpaired) electrons. The van der Waals surface area contributed by atoms with Crippen LogP contribution in [0.2, 0.25) is 0 Å². The highest BCUT2D eigenvalue weighted by Crippen LogP contribution is 2.28. The van der Waals surface area contributed by atoms with E-state index in [2.05, 4.69) is 10.8 Å². The molecule has 0 aromatic heterocycles. The summed E-state index contributed by atoms with van der Waals surface area (Å²) in [4.78, 5) is 12.1. The number of esters is 1. The van der Waals surface area contributed by atoms with Crippen LogP contribution in [-0.4, -0.2) is 25.9 Å². The largest absolute Gasteiger partial charge is 0.497 e. The van der Waals surface area contributed by atoms with Gasteiger partial charge in [-0.1, -0.05) is 6.92 Å². The fourth-order valence-corrected chi connectivity index (χ4v) is 2.36. The maximum absolute atomic E-state index is 11.3. The van der Waals surface area contributed by atoms with Crippen LogP contribution in [0.1, 0.15) is 12.5 Å². The van der Waals surface area contributed by atoms with E-state index in [0.29, 0.717) is 17.1 Å². The van der Waals surface area contributed by atoms with Crippen LogP contribution >= 0.6 is 11.8 Å². The molecule has 1 rings (SSSR count). The maximum Gasteiger partial charge on any atom is 0.309 e. The summed E-state index contributed by atoms with van der Waals surface area (Å²) in [5.74, 6) is 0.804. The van der Waals surface area contributed by atoms with E-state index < -0.39 is 0 Å². The summed E-state index contributed by atoms with van der Waals surface area (Å²) >= 11 is 1.45. The minimum absolute atomic E-state index is 0.210. The molecule has 0 aliphatic carbocycles. The molecule has 0 aliphatic rings. The van der Waals surface area contributed by atoms with Crippen molar-refractivity contribution in [1.82, 2.24) is 0 Å². The molecule has 18 heavy (non-hydrogen) atoms. The Labute approximate surface area is 111 Å². The third-order valence-corrected chi connectivity index (χ3v) is 3.72. The van der Waals surface area contributed by atoms with E-state index in [0.717, 1.165) is 4.90 Å². The number of carbonyl (C=O) groups excluding carboxylic acids is 1. The Bertz CT molecular complexity index is 468. The predicted molar refractivity (Wildman–Crippen MR) is 69.6 cm³/mol. The number of nitrogens with zero attached hydrogens (tertiary/aromatic N) is 1. The lowest BCUT2D eigenvalue weighted by Crippen LogP contribution is -2.14. The molecule has 0 N–H and O–H groups in total. The molecular weight excluding hydrogens is 250 g/mol. The zero-order valence-corrected chi connectivity index (χ0v) is 11.4. The summed E-state index contributed by atoms with van der Waals surface area (Å²) in [6.45, 7) is 1.80. The molecule has 1 unspecified atom stereocenters. The first kappa shape index (κ1) is 14.4. The first-order valence-corrected chi connectivity index (χ1v) is 6.39. The number of rotatable bonds is 5. The van der Waals surface area contributed by atoms with E-state index in [-0.39, 0.29) is 11.9 Å². The van der Waals surface area contributed by atoms with E-state index in [1.54, 1.807) is 32.2 Å². The molecule has 0 fully saturated rings. The van der Waals surface area contributed by atoms with Crippen molar-refractivity contribution in [2.75, 3.05) is 20.0 Å². The Balaban J connectivity index is 2.77. The van der Waals surface area contributed by atoms with Crippen LogP contribution < -0.4 is 4.74 Å². The first-order chi connectivity index (χ1) is 8.62. The average molecular weight is 265 g/mol. The predicted octanol–water partition coefficient (Wildman–Crippen LogP) is 2.47. The number of methoxy groups -OCH3 is 2. The van der Waals surface area contributed by atoms with Crippen LogP contribution in [-0.2, 0) is 9.53 Å². The van der Waals surface area contributed by atoms with Gasteiger partial charge < -0.3 is 9.47 Å². The van der Waals surface area contributed by atoms with Gasteiger partial charge in [-0.2, -0.15) is 5.26 Å². The number of ether oxygens (including phenoxy) is 2. The van der Waals surface area contributed by atoms with E-state index >= 15 is 0 Å². The van der Waals surface area contributed by atoms with Crippen molar-refractivity contribution in [1.29, 1.82) is 5.26 Å². The van der Waals surface area contributed by atoms with Gasteiger partial charge in [0.1, 0.15) is 11.8 Å². The highest BCUT2D eigenvalue weighted by atomic mass is 32.2. The summed E-state index contributed by atoms with van der Waals surface area (Å²) in [6, 6.07) is 7.37. The molecule has 5 heteroatoms. The zero-order chi connectivity index (χ0) is 13.5. The topological polar surface area (TPSA) is 59.3 Å². The lowest BCUT2D eigenvalue weighted by Gasteiger charge is -2.10. The third-order valence-electron chi connectivity index (χ3n) is 2.40. The molecule has 0 saturated carbocycles. The van der Waals surface area contributed by atoms with Gasteiger partial charge in [-0.25, -0.2) is 0 Å². The second-order valence-corrected chi connectivity index (χ2v) is 4.77.